The van der Waals surface area contributed by atoms with Gasteiger partial charge >= 0.3 is 0 Å². The highest BCUT2D eigenvalue weighted by molar-refractivity contribution is 5.17. The van der Waals surface area contributed by atoms with Crippen LogP contribution in [0.2, 0.25) is 0 Å². The second-order valence-corrected chi connectivity index (χ2v) is 7.67. The highest BCUT2D eigenvalue weighted by atomic mass is 16.5. The fourth-order valence-corrected chi connectivity index (χ4v) is 4.80. The first-order chi connectivity index (χ1) is 11.7. The van der Waals surface area contributed by atoms with E-state index in [0.29, 0.717) is 11.5 Å². The summed E-state index contributed by atoms with van der Waals surface area (Å²) in [6.07, 6.45) is 8.88. The molecule has 1 N–H and O–H groups in total. The average Bonchev–Trinajstić information content (AvgIpc) is 3.18. The van der Waals surface area contributed by atoms with Crippen molar-refractivity contribution in [2.24, 2.45) is 5.41 Å². The summed E-state index contributed by atoms with van der Waals surface area (Å²) in [5.41, 5.74) is 0.350. The van der Waals surface area contributed by atoms with Crippen molar-refractivity contribution in [2.75, 3.05) is 19.6 Å². The number of piperidine rings is 1. The van der Waals surface area contributed by atoms with Gasteiger partial charge in [-0.1, -0.05) is 5.16 Å². The van der Waals surface area contributed by atoms with Crippen molar-refractivity contribution in [3.05, 3.63) is 30.2 Å². The minimum absolute atomic E-state index is 0.261. The number of nitrogens with one attached hydrogen (secondary N) is 1. The lowest BCUT2D eigenvalue weighted by Gasteiger charge is -2.61. The fraction of sp³-hybridized carbons (Fsp3) is 0.706. The van der Waals surface area contributed by atoms with Gasteiger partial charge in [0.25, 0.3) is 0 Å². The lowest BCUT2D eigenvalue weighted by atomic mass is 9.56. The van der Waals surface area contributed by atoms with E-state index in [0.717, 1.165) is 24.3 Å². The Hall–Kier alpha value is -1.73. The maximum Gasteiger partial charge on any atom is 0.244 e. The van der Waals surface area contributed by atoms with E-state index in [-0.39, 0.29) is 6.04 Å². The Balaban J connectivity index is 1.17. The normalized spacial score (nSPS) is 34.2. The van der Waals surface area contributed by atoms with Crippen LogP contribution in [0.1, 0.15) is 49.5 Å². The van der Waals surface area contributed by atoms with Crippen LogP contribution in [-0.2, 0) is 0 Å². The van der Waals surface area contributed by atoms with Crippen LogP contribution in [-0.4, -0.2) is 50.5 Å². The zero-order valence-electron chi connectivity index (χ0n) is 14.1. The summed E-state index contributed by atoms with van der Waals surface area (Å²) < 4.78 is 7.52. The number of hydrogen-bond acceptors (Lipinski definition) is 6. The van der Waals surface area contributed by atoms with Crippen LogP contribution in [0.3, 0.4) is 0 Å². The van der Waals surface area contributed by atoms with Gasteiger partial charge in [0, 0.05) is 43.5 Å². The summed E-state index contributed by atoms with van der Waals surface area (Å²) in [6, 6.07) is 3.57. The molecule has 1 unspecified atom stereocenters. The summed E-state index contributed by atoms with van der Waals surface area (Å²) in [4.78, 5) is 7.10. The van der Waals surface area contributed by atoms with E-state index in [1.807, 2.05) is 19.2 Å². The molecular formula is C17H24N6O. The summed E-state index contributed by atoms with van der Waals surface area (Å²) in [7, 11) is 0. The third kappa shape index (κ3) is 2.22. The Bertz CT molecular complexity index is 696. The van der Waals surface area contributed by atoms with E-state index in [9.17, 15) is 0 Å². The van der Waals surface area contributed by atoms with Crippen molar-refractivity contribution in [3.63, 3.8) is 0 Å². The van der Waals surface area contributed by atoms with Crippen molar-refractivity contribution in [1.29, 1.82) is 0 Å². The summed E-state index contributed by atoms with van der Waals surface area (Å²) in [5.74, 6) is 1.50. The number of likely N-dealkylation sites (tertiary alicyclic amines) is 1. The van der Waals surface area contributed by atoms with E-state index >= 15 is 0 Å². The van der Waals surface area contributed by atoms with Crippen molar-refractivity contribution < 1.29 is 4.52 Å². The number of nitrogens with zero attached hydrogens (tertiary/aromatic N) is 5. The molecule has 3 fully saturated rings. The molecule has 4 heterocycles. The SMILES string of the molecule is Cc1noc(C2NCC23CC(N2CCC(n4cccn4)CC2)C3)n1. The van der Waals surface area contributed by atoms with Gasteiger partial charge in [-0.25, -0.2) is 0 Å². The van der Waals surface area contributed by atoms with Gasteiger partial charge in [0.2, 0.25) is 5.89 Å². The molecule has 1 saturated carbocycles. The molecule has 7 heteroatoms. The summed E-state index contributed by atoms with van der Waals surface area (Å²) in [6.45, 7) is 5.33. The molecule has 5 rings (SSSR count). The largest absolute Gasteiger partial charge is 0.338 e. The second kappa shape index (κ2) is 5.39. The zero-order chi connectivity index (χ0) is 16.1. The first kappa shape index (κ1) is 14.6. The quantitative estimate of drug-likeness (QED) is 0.925. The van der Waals surface area contributed by atoms with Crippen molar-refractivity contribution in [3.8, 4) is 0 Å². The van der Waals surface area contributed by atoms with Crippen LogP contribution < -0.4 is 5.32 Å². The van der Waals surface area contributed by atoms with Gasteiger partial charge in [0.05, 0.1) is 12.1 Å². The number of aryl methyl sites for hydroxylation is 1. The second-order valence-electron chi connectivity index (χ2n) is 7.67. The minimum atomic E-state index is 0.261. The topological polar surface area (TPSA) is 72.0 Å². The molecule has 2 aliphatic heterocycles. The summed E-state index contributed by atoms with van der Waals surface area (Å²) in [5, 5.41) is 11.8. The number of hydrogen-bond donors (Lipinski definition) is 1. The van der Waals surface area contributed by atoms with Crippen molar-refractivity contribution >= 4 is 0 Å². The predicted octanol–water partition coefficient (Wildman–Crippen LogP) is 1.70. The van der Waals surface area contributed by atoms with Gasteiger partial charge in [0.1, 0.15) is 0 Å². The Morgan fingerprint density at radius 2 is 2.08 bits per heavy atom. The molecule has 3 aliphatic rings. The van der Waals surface area contributed by atoms with E-state index in [4.69, 9.17) is 4.52 Å². The molecular weight excluding hydrogens is 304 g/mol. The van der Waals surface area contributed by atoms with E-state index in [1.54, 1.807) is 0 Å². The molecule has 0 aromatic carbocycles. The molecule has 2 aromatic heterocycles. The van der Waals surface area contributed by atoms with E-state index < -0.39 is 0 Å². The standard InChI is InChI=1S/C17H24N6O/c1-12-20-16(24-21-12)15-17(11-18-15)9-14(10-17)22-7-3-13(4-8-22)23-6-2-5-19-23/h2,5-6,13-15,18H,3-4,7-11H2,1H3. The first-order valence-electron chi connectivity index (χ1n) is 9.00. The highest BCUT2D eigenvalue weighted by Gasteiger charge is 2.58. The Labute approximate surface area is 141 Å². The Morgan fingerprint density at radius 3 is 2.67 bits per heavy atom. The van der Waals surface area contributed by atoms with E-state index in [1.165, 1.54) is 38.8 Å². The molecule has 2 saturated heterocycles. The predicted molar refractivity (Wildman–Crippen MR) is 87.3 cm³/mol. The number of rotatable bonds is 3. The van der Waals surface area contributed by atoms with Gasteiger partial charge in [-0.3, -0.25) is 4.68 Å². The Morgan fingerprint density at radius 1 is 1.25 bits per heavy atom. The molecule has 0 amide bonds. The maximum atomic E-state index is 5.39. The zero-order valence-corrected chi connectivity index (χ0v) is 14.1. The van der Waals surface area contributed by atoms with Crippen LogP contribution >= 0.6 is 0 Å². The van der Waals surface area contributed by atoms with Crippen LogP contribution in [0.4, 0.5) is 0 Å². The van der Waals surface area contributed by atoms with E-state index in [2.05, 4.69) is 36.3 Å². The van der Waals surface area contributed by atoms with Crippen LogP contribution in [0.25, 0.3) is 0 Å². The third-order valence-corrected chi connectivity index (χ3v) is 6.26. The fourth-order valence-electron chi connectivity index (χ4n) is 4.80. The number of aromatic nitrogens is 4. The Kier molecular flexibility index (Phi) is 3.28. The van der Waals surface area contributed by atoms with Gasteiger partial charge < -0.3 is 14.7 Å². The lowest BCUT2D eigenvalue weighted by Crippen LogP contribution is -2.67. The molecule has 24 heavy (non-hydrogen) atoms. The molecule has 1 aliphatic carbocycles. The van der Waals surface area contributed by atoms with Crippen LogP contribution in [0, 0.1) is 12.3 Å². The molecule has 0 radical (unpaired) electrons. The monoisotopic (exact) mass is 328 g/mol. The average molecular weight is 328 g/mol. The minimum Gasteiger partial charge on any atom is -0.338 e. The lowest BCUT2D eigenvalue weighted by molar-refractivity contribution is -0.0912. The summed E-state index contributed by atoms with van der Waals surface area (Å²) >= 11 is 0. The third-order valence-electron chi connectivity index (χ3n) is 6.26. The molecule has 1 atom stereocenters. The van der Waals surface area contributed by atoms with Crippen molar-refractivity contribution in [1.82, 2.24) is 30.1 Å². The van der Waals surface area contributed by atoms with Gasteiger partial charge in [-0.2, -0.15) is 10.1 Å². The highest BCUT2D eigenvalue weighted by Crippen LogP contribution is 2.56. The first-order valence-corrected chi connectivity index (χ1v) is 9.00. The van der Waals surface area contributed by atoms with Gasteiger partial charge in [-0.05, 0) is 38.7 Å². The van der Waals surface area contributed by atoms with Gasteiger partial charge in [-0.15, -0.1) is 0 Å². The van der Waals surface area contributed by atoms with Crippen LogP contribution in [0.5, 0.6) is 0 Å². The van der Waals surface area contributed by atoms with Crippen molar-refractivity contribution in [2.45, 2.75) is 50.7 Å². The molecule has 1 spiro atoms. The smallest absolute Gasteiger partial charge is 0.244 e. The van der Waals surface area contributed by atoms with Crippen LogP contribution in [0.15, 0.2) is 23.0 Å². The molecule has 2 aromatic rings. The molecule has 0 bridgehead atoms. The maximum absolute atomic E-state index is 5.39. The molecule has 7 nitrogen and oxygen atoms in total. The van der Waals surface area contributed by atoms with Gasteiger partial charge in [0.15, 0.2) is 5.82 Å². The molecule has 128 valence electrons.